The molecule has 0 bridgehead atoms. The molecule has 0 unspecified atom stereocenters. The van der Waals surface area contributed by atoms with Gasteiger partial charge in [-0.25, -0.2) is 0 Å². The van der Waals surface area contributed by atoms with Crippen LogP contribution in [-0.4, -0.2) is 23.4 Å². The first-order valence-electron chi connectivity index (χ1n) is 4.66. The number of benzene rings is 1. The number of aliphatic hydroxyl groups excluding tert-OH is 2. The van der Waals surface area contributed by atoms with E-state index in [1.54, 1.807) is 0 Å². The Morgan fingerprint density at radius 1 is 1.29 bits per heavy atom. The summed E-state index contributed by atoms with van der Waals surface area (Å²) in [6.07, 6.45) is 0.719. The van der Waals surface area contributed by atoms with Crippen molar-refractivity contribution in [3.05, 3.63) is 34.3 Å². The third kappa shape index (κ3) is 2.16. The van der Waals surface area contributed by atoms with Crippen LogP contribution in [0.3, 0.4) is 0 Å². The summed E-state index contributed by atoms with van der Waals surface area (Å²) in [6, 6.07) is 7.71. The molecule has 0 saturated carbocycles. The van der Waals surface area contributed by atoms with Crippen LogP contribution in [0.2, 0.25) is 0 Å². The standard InChI is InChI=1S/C11H15BrO2/c1-2-11(7-13,8-14)9-4-3-5-10(12)6-9/h3-6,13-14H,2,7-8H2,1H3. The molecule has 0 fully saturated rings. The van der Waals surface area contributed by atoms with Crippen molar-refractivity contribution in [2.24, 2.45) is 0 Å². The fourth-order valence-corrected chi connectivity index (χ4v) is 1.88. The zero-order valence-corrected chi connectivity index (χ0v) is 9.79. The molecular weight excluding hydrogens is 244 g/mol. The first-order valence-corrected chi connectivity index (χ1v) is 5.45. The van der Waals surface area contributed by atoms with Gasteiger partial charge in [-0.3, -0.25) is 0 Å². The Bertz CT molecular complexity index is 287. The Kier molecular flexibility index (Phi) is 4.11. The van der Waals surface area contributed by atoms with Crippen LogP contribution in [0, 0.1) is 0 Å². The molecule has 3 heteroatoms. The SMILES string of the molecule is CCC(CO)(CO)c1cccc(Br)c1. The van der Waals surface area contributed by atoms with Crippen LogP contribution in [0.5, 0.6) is 0 Å². The van der Waals surface area contributed by atoms with Crippen LogP contribution in [0.25, 0.3) is 0 Å². The lowest BCUT2D eigenvalue weighted by molar-refractivity contribution is 0.113. The second kappa shape index (κ2) is 4.91. The highest BCUT2D eigenvalue weighted by Crippen LogP contribution is 2.28. The van der Waals surface area contributed by atoms with Crippen molar-refractivity contribution in [3.63, 3.8) is 0 Å². The molecule has 0 aromatic heterocycles. The Morgan fingerprint density at radius 3 is 2.36 bits per heavy atom. The van der Waals surface area contributed by atoms with Gasteiger partial charge < -0.3 is 10.2 Å². The van der Waals surface area contributed by atoms with Crippen molar-refractivity contribution in [1.82, 2.24) is 0 Å². The first kappa shape index (κ1) is 11.7. The summed E-state index contributed by atoms with van der Waals surface area (Å²) < 4.78 is 0.967. The van der Waals surface area contributed by atoms with Crippen molar-refractivity contribution in [2.45, 2.75) is 18.8 Å². The largest absolute Gasteiger partial charge is 0.395 e. The molecule has 0 aliphatic carbocycles. The molecule has 0 radical (unpaired) electrons. The molecule has 1 aromatic carbocycles. The summed E-state index contributed by atoms with van der Waals surface area (Å²) in [7, 11) is 0. The van der Waals surface area contributed by atoms with E-state index in [1.165, 1.54) is 0 Å². The summed E-state index contributed by atoms with van der Waals surface area (Å²) >= 11 is 3.38. The zero-order valence-electron chi connectivity index (χ0n) is 8.20. The molecule has 0 spiro atoms. The van der Waals surface area contributed by atoms with Gasteiger partial charge in [0.25, 0.3) is 0 Å². The summed E-state index contributed by atoms with van der Waals surface area (Å²) in [6.45, 7) is 1.90. The van der Waals surface area contributed by atoms with E-state index in [2.05, 4.69) is 15.9 Å². The number of rotatable bonds is 4. The van der Waals surface area contributed by atoms with Crippen molar-refractivity contribution < 1.29 is 10.2 Å². The molecular formula is C11H15BrO2. The molecule has 1 rings (SSSR count). The molecule has 0 aliphatic rings. The topological polar surface area (TPSA) is 40.5 Å². The molecule has 0 amide bonds. The fourth-order valence-electron chi connectivity index (χ4n) is 1.48. The van der Waals surface area contributed by atoms with Crippen molar-refractivity contribution in [2.75, 3.05) is 13.2 Å². The van der Waals surface area contributed by atoms with Crippen LogP contribution in [0.1, 0.15) is 18.9 Å². The number of aliphatic hydroxyl groups is 2. The number of hydrogen-bond donors (Lipinski definition) is 2. The highest BCUT2D eigenvalue weighted by Gasteiger charge is 2.28. The highest BCUT2D eigenvalue weighted by atomic mass is 79.9. The van der Waals surface area contributed by atoms with Gasteiger partial charge in [0.15, 0.2) is 0 Å². The zero-order chi connectivity index (χ0) is 10.6. The van der Waals surface area contributed by atoms with Gasteiger partial charge in [0.1, 0.15) is 0 Å². The van der Waals surface area contributed by atoms with E-state index in [0.29, 0.717) is 0 Å². The minimum absolute atomic E-state index is 0.0313. The van der Waals surface area contributed by atoms with E-state index < -0.39 is 5.41 Å². The number of hydrogen-bond acceptors (Lipinski definition) is 2. The molecule has 0 saturated heterocycles. The van der Waals surface area contributed by atoms with E-state index in [0.717, 1.165) is 16.5 Å². The second-order valence-electron chi connectivity index (χ2n) is 3.46. The van der Waals surface area contributed by atoms with Crippen molar-refractivity contribution in [3.8, 4) is 0 Å². The van der Waals surface area contributed by atoms with E-state index in [-0.39, 0.29) is 13.2 Å². The molecule has 0 atom stereocenters. The molecule has 14 heavy (non-hydrogen) atoms. The molecule has 1 aromatic rings. The monoisotopic (exact) mass is 258 g/mol. The average molecular weight is 259 g/mol. The summed E-state index contributed by atoms with van der Waals surface area (Å²) in [5.41, 5.74) is 0.462. The minimum atomic E-state index is -0.510. The predicted molar refractivity (Wildman–Crippen MR) is 60.3 cm³/mol. The van der Waals surface area contributed by atoms with E-state index in [4.69, 9.17) is 0 Å². The van der Waals surface area contributed by atoms with Gasteiger partial charge in [-0.1, -0.05) is 35.0 Å². The average Bonchev–Trinajstić information content (AvgIpc) is 2.22. The Morgan fingerprint density at radius 2 is 1.93 bits per heavy atom. The molecule has 2 N–H and O–H groups in total. The Labute approximate surface area is 92.7 Å². The fraction of sp³-hybridized carbons (Fsp3) is 0.455. The predicted octanol–water partition coefficient (Wildman–Crippen LogP) is 2.08. The van der Waals surface area contributed by atoms with Gasteiger partial charge in [0, 0.05) is 9.89 Å². The summed E-state index contributed by atoms with van der Waals surface area (Å²) in [4.78, 5) is 0. The minimum Gasteiger partial charge on any atom is -0.395 e. The maximum atomic E-state index is 9.35. The maximum Gasteiger partial charge on any atom is 0.0550 e. The second-order valence-corrected chi connectivity index (χ2v) is 4.38. The lowest BCUT2D eigenvalue weighted by atomic mass is 9.80. The normalized spacial score (nSPS) is 11.7. The third-order valence-corrected chi connectivity index (χ3v) is 3.21. The van der Waals surface area contributed by atoms with Crippen LogP contribution in [0.15, 0.2) is 28.7 Å². The molecule has 0 aliphatic heterocycles. The summed E-state index contributed by atoms with van der Waals surface area (Å²) in [5, 5.41) is 18.7. The lowest BCUT2D eigenvalue weighted by Gasteiger charge is -2.29. The van der Waals surface area contributed by atoms with Crippen LogP contribution in [-0.2, 0) is 5.41 Å². The highest BCUT2D eigenvalue weighted by molar-refractivity contribution is 9.10. The number of halogens is 1. The molecule has 2 nitrogen and oxygen atoms in total. The smallest absolute Gasteiger partial charge is 0.0550 e. The van der Waals surface area contributed by atoms with E-state index in [1.807, 2.05) is 31.2 Å². The van der Waals surface area contributed by atoms with Gasteiger partial charge >= 0.3 is 0 Å². The van der Waals surface area contributed by atoms with Gasteiger partial charge in [0.2, 0.25) is 0 Å². The van der Waals surface area contributed by atoms with Gasteiger partial charge in [0.05, 0.1) is 13.2 Å². The Hall–Kier alpha value is -0.380. The maximum absolute atomic E-state index is 9.35. The van der Waals surface area contributed by atoms with Gasteiger partial charge in [-0.05, 0) is 24.1 Å². The molecule has 78 valence electrons. The van der Waals surface area contributed by atoms with Crippen molar-refractivity contribution in [1.29, 1.82) is 0 Å². The van der Waals surface area contributed by atoms with Crippen LogP contribution >= 0.6 is 15.9 Å². The van der Waals surface area contributed by atoms with E-state index >= 15 is 0 Å². The van der Waals surface area contributed by atoms with E-state index in [9.17, 15) is 10.2 Å². The quantitative estimate of drug-likeness (QED) is 0.869. The van der Waals surface area contributed by atoms with Crippen LogP contribution in [0.4, 0.5) is 0 Å². The molecule has 0 heterocycles. The van der Waals surface area contributed by atoms with Gasteiger partial charge in [-0.15, -0.1) is 0 Å². The summed E-state index contributed by atoms with van der Waals surface area (Å²) in [5.74, 6) is 0. The lowest BCUT2D eigenvalue weighted by Crippen LogP contribution is -2.34. The third-order valence-electron chi connectivity index (χ3n) is 2.72. The van der Waals surface area contributed by atoms with Crippen LogP contribution < -0.4 is 0 Å². The van der Waals surface area contributed by atoms with Crippen molar-refractivity contribution >= 4 is 15.9 Å². The van der Waals surface area contributed by atoms with Gasteiger partial charge in [-0.2, -0.15) is 0 Å². The first-order chi connectivity index (χ1) is 6.68. The Balaban J connectivity index is 3.10.